The zero-order valence-electron chi connectivity index (χ0n) is 21.2. The van der Waals surface area contributed by atoms with Gasteiger partial charge in [-0.3, -0.25) is 4.79 Å². The van der Waals surface area contributed by atoms with Crippen molar-refractivity contribution in [3.05, 3.63) is 52.2 Å². The maximum absolute atomic E-state index is 12.6. The number of nitrogens with one attached hydrogen (secondary N) is 1. The number of aromatic nitrogens is 3. The normalized spacial score (nSPS) is 12.3. The standard InChI is InChI=1S/C25H32N4O4S2/c1-8-32-23(31)19-13-15(2)35-22(19)26-20(30)14-34-24-28-27-21(29(24)7)16(3)33-18-11-9-17(10-12-18)25(4,5)6/h9-13,16H,8,14H2,1-7H3,(H,26,30). The molecule has 1 atom stereocenters. The lowest BCUT2D eigenvalue weighted by Gasteiger charge is -2.20. The summed E-state index contributed by atoms with van der Waals surface area (Å²) < 4.78 is 13.0. The summed E-state index contributed by atoms with van der Waals surface area (Å²) in [6.45, 7) is 12.3. The highest BCUT2D eigenvalue weighted by Gasteiger charge is 2.21. The smallest absolute Gasteiger partial charge is 0.341 e. The fraction of sp³-hybridized carbons (Fsp3) is 0.440. The average Bonchev–Trinajstić information content (AvgIpc) is 3.34. The van der Waals surface area contributed by atoms with Crippen molar-refractivity contribution in [1.29, 1.82) is 0 Å². The Morgan fingerprint density at radius 3 is 2.51 bits per heavy atom. The molecule has 2 aromatic heterocycles. The van der Waals surface area contributed by atoms with Crippen molar-refractivity contribution in [3.8, 4) is 5.75 Å². The number of anilines is 1. The molecule has 1 unspecified atom stereocenters. The monoisotopic (exact) mass is 516 g/mol. The number of hydrogen-bond acceptors (Lipinski definition) is 8. The number of carbonyl (C=O) groups excluding carboxylic acids is 2. The Hall–Kier alpha value is -2.85. The molecule has 1 aromatic carbocycles. The molecular weight excluding hydrogens is 484 g/mol. The Morgan fingerprint density at radius 1 is 1.20 bits per heavy atom. The second kappa shape index (κ2) is 11.3. The molecule has 0 saturated carbocycles. The molecule has 8 nitrogen and oxygen atoms in total. The first-order valence-corrected chi connectivity index (χ1v) is 13.2. The zero-order chi connectivity index (χ0) is 25.8. The number of hydrogen-bond donors (Lipinski definition) is 1. The van der Waals surface area contributed by atoms with Crippen LogP contribution >= 0.6 is 23.1 Å². The number of amides is 1. The van der Waals surface area contributed by atoms with Crippen LogP contribution in [0.4, 0.5) is 5.00 Å². The van der Waals surface area contributed by atoms with Gasteiger partial charge in [0.1, 0.15) is 10.8 Å². The van der Waals surface area contributed by atoms with E-state index in [1.54, 1.807) is 13.0 Å². The van der Waals surface area contributed by atoms with Gasteiger partial charge in [0, 0.05) is 11.9 Å². The molecule has 35 heavy (non-hydrogen) atoms. The number of nitrogens with zero attached hydrogens (tertiary/aromatic N) is 3. The summed E-state index contributed by atoms with van der Waals surface area (Å²) in [6.07, 6.45) is -0.322. The van der Waals surface area contributed by atoms with E-state index in [0.717, 1.165) is 10.6 Å². The minimum absolute atomic E-state index is 0.0782. The van der Waals surface area contributed by atoms with Crippen molar-refractivity contribution < 1.29 is 19.1 Å². The maximum Gasteiger partial charge on any atom is 0.341 e. The van der Waals surface area contributed by atoms with Gasteiger partial charge in [-0.05, 0) is 49.9 Å². The summed E-state index contributed by atoms with van der Waals surface area (Å²) in [5.74, 6) is 0.848. The van der Waals surface area contributed by atoms with Crippen LogP contribution in [0.5, 0.6) is 5.75 Å². The zero-order valence-corrected chi connectivity index (χ0v) is 22.8. The number of thioether (sulfide) groups is 1. The molecule has 0 radical (unpaired) electrons. The third-order valence-corrected chi connectivity index (χ3v) is 7.19. The number of benzene rings is 1. The summed E-state index contributed by atoms with van der Waals surface area (Å²) in [5, 5.41) is 12.4. The van der Waals surface area contributed by atoms with Gasteiger partial charge in [-0.1, -0.05) is 44.7 Å². The Balaban J connectivity index is 1.59. The summed E-state index contributed by atoms with van der Waals surface area (Å²) >= 11 is 2.61. The van der Waals surface area contributed by atoms with Gasteiger partial charge >= 0.3 is 5.97 Å². The lowest BCUT2D eigenvalue weighted by Crippen LogP contribution is -2.16. The first-order chi connectivity index (χ1) is 16.5. The molecule has 3 rings (SSSR count). The first kappa shape index (κ1) is 26.7. The second-order valence-corrected chi connectivity index (χ2v) is 11.3. The van der Waals surface area contributed by atoms with E-state index in [0.29, 0.717) is 21.5 Å². The van der Waals surface area contributed by atoms with Crippen LogP contribution in [-0.2, 0) is 22.0 Å². The molecule has 1 amide bonds. The third kappa shape index (κ3) is 6.85. The van der Waals surface area contributed by atoms with Crippen molar-refractivity contribution >= 4 is 40.0 Å². The van der Waals surface area contributed by atoms with E-state index in [1.165, 1.54) is 28.7 Å². The molecule has 10 heteroatoms. The van der Waals surface area contributed by atoms with E-state index in [2.05, 4.69) is 48.4 Å². The van der Waals surface area contributed by atoms with Gasteiger partial charge in [-0.15, -0.1) is 21.5 Å². The van der Waals surface area contributed by atoms with Crippen molar-refractivity contribution in [3.63, 3.8) is 0 Å². The van der Waals surface area contributed by atoms with Crippen LogP contribution in [0.15, 0.2) is 35.5 Å². The molecule has 0 bridgehead atoms. The molecule has 2 heterocycles. The number of ether oxygens (including phenoxy) is 2. The van der Waals surface area contributed by atoms with Gasteiger partial charge in [-0.25, -0.2) is 4.79 Å². The highest BCUT2D eigenvalue weighted by molar-refractivity contribution is 7.99. The Bertz CT molecular complexity index is 1180. The lowest BCUT2D eigenvalue weighted by molar-refractivity contribution is -0.113. The van der Waals surface area contributed by atoms with E-state index in [9.17, 15) is 9.59 Å². The fourth-order valence-corrected chi connectivity index (χ4v) is 4.99. The lowest BCUT2D eigenvalue weighted by atomic mass is 9.87. The predicted molar refractivity (Wildman–Crippen MR) is 140 cm³/mol. The summed E-state index contributed by atoms with van der Waals surface area (Å²) in [7, 11) is 1.85. The van der Waals surface area contributed by atoms with Crippen molar-refractivity contribution in [2.45, 2.75) is 58.2 Å². The quantitative estimate of drug-likeness (QED) is 0.295. The first-order valence-electron chi connectivity index (χ1n) is 11.4. The summed E-state index contributed by atoms with van der Waals surface area (Å²) in [6, 6.07) is 9.79. The Labute approximate surface area is 214 Å². The van der Waals surface area contributed by atoms with Crippen LogP contribution in [0.25, 0.3) is 0 Å². The minimum atomic E-state index is -0.445. The number of esters is 1. The third-order valence-electron chi connectivity index (χ3n) is 5.20. The largest absolute Gasteiger partial charge is 0.483 e. The molecule has 0 fully saturated rings. The summed E-state index contributed by atoms with van der Waals surface area (Å²) in [4.78, 5) is 25.6. The van der Waals surface area contributed by atoms with Crippen LogP contribution in [-0.4, -0.2) is 39.0 Å². The number of rotatable bonds is 9. The van der Waals surface area contributed by atoms with Gasteiger partial charge in [0.05, 0.1) is 17.9 Å². The van der Waals surface area contributed by atoms with E-state index < -0.39 is 5.97 Å². The molecule has 0 saturated heterocycles. The molecule has 0 aliphatic carbocycles. The van der Waals surface area contributed by atoms with Crippen LogP contribution < -0.4 is 10.1 Å². The molecule has 3 aromatic rings. The van der Waals surface area contributed by atoms with Crippen molar-refractivity contribution in [2.24, 2.45) is 7.05 Å². The molecular formula is C25H32N4O4S2. The van der Waals surface area contributed by atoms with Gasteiger partial charge in [0.25, 0.3) is 0 Å². The highest BCUT2D eigenvalue weighted by Crippen LogP contribution is 2.30. The van der Waals surface area contributed by atoms with Crippen LogP contribution in [0.2, 0.25) is 0 Å². The number of thiophene rings is 1. The van der Waals surface area contributed by atoms with E-state index in [4.69, 9.17) is 9.47 Å². The topological polar surface area (TPSA) is 95.3 Å². The minimum Gasteiger partial charge on any atom is -0.483 e. The molecule has 0 spiro atoms. The van der Waals surface area contributed by atoms with Crippen LogP contribution in [0, 0.1) is 6.92 Å². The fourth-order valence-electron chi connectivity index (χ4n) is 3.36. The number of aryl methyl sites for hydroxylation is 1. The SMILES string of the molecule is CCOC(=O)c1cc(C)sc1NC(=O)CSc1nnc(C(C)Oc2ccc(C(C)(C)C)cc2)n1C. The Kier molecular flexibility index (Phi) is 8.60. The van der Waals surface area contributed by atoms with Gasteiger partial charge < -0.3 is 19.4 Å². The maximum atomic E-state index is 12.6. The highest BCUT2D eigenvalue weighted by atomic mass is 32.2. The van der Waals surface area contributed by atoms with Gasteiger partial charge in [0.15, 0.2) is 17.1 Å². The van der Waals surface area contributed by atoms with Crippen molar-refractivity contribution in [2.75, 3.05) is 17.7 Å². The molecule has 0 aliphatic heterocycles. The van der Waals surface area contributed by atoms with Crippen LogP contribution in [0.3, 0.4) is 0 Å². The second-order valence-electron chi connectivity index (χ2n) is 9.09. The van der Waals surface area contributed by atoms with Crippen molar-refractivity contribution in [1.82, 2.24) is 14.8 Å². The number of carbonyl (C=O) groups is 2. The van der Waals surface area contributed by atoms with Crippen LogP contribution in [0.1, 0.15) is 67.3 Å². The van der Waals surface area contributed by atoms with E-state index in [-0.39, 0.29) is 29.8 Å². The summed E-state index contributed by atoms with van der Waals surface area (Å²) in [5.41, 5.74) is 1.69. The van der Waals surface area contributed by atoms with Gasteiger partial charge in [0.2, 0.25) is 5.91 Å². The van der Waals surface area contributed by atoms with E-state index >= 15 is 0 Å². The molecule has 1 N–H and O–H groups in total. The molecule has 188 valence electrons. The Morgan fingerprint density at radius 2 is 1.89 bits per heavy atom. The molecule has 0 aliphatic rings. The predicted octanol–water partition coefficient (Wildman–Crippen LogP) is 5.53. The van der Waals surface area contributed by atoms with Gasteiger partial charge in [-0.2, -0.15) is 0 Å². The van der Waals surface area contributed by atoms with E-state index in [1.807, 2.05) is 37.6 Å². The average molecular weight is 517 g/mol.